The lowest BCUT2D eigenvalue weighted by Gasteiger charge is -2.19. The van der Waals surface area contributed by atoms with Gasteiger partial charge in [-0.3, -0.25) is 0 Å². The minimum Gasteiger partial charge on any atom is -0.496 e. The summed E-state index contributed by atoms with van der Waals surface area (Å²) in [6.07, 6.45) is 2.89. The maximum Gasteiger partial charge on any atom is 0.322 e. The van der Waals surface area contributed by atoms with Crippen LogP contribution < -0.4 is 20.1 Å². The zero-order valence-electron chi connectivity index (χ0n) is 17.3. The van der Waals surface area contributed by atoms with Crippen molar-refractivity contribution in [2.75, 3.05) is 25.5 Å². The van der Waals surface area contributed by atoms with Crippen LogP contribution in [-0.2, 0) is 0 Å². The Morgan fingerprint density at radius 2 is 2.00 bits per heavy atom. The highest BCUT2D eigenvalue weighted by Gasteiger charge is 2.22. The molecule has 1 saturated heterocycles. The SMILES string of the molecule is COc1ccccc1[C@H](C)Nc1nc(OC2CCNC2)nc2c(C(C)C)cnn12. The molecule has 2 N–H and O–H groups in total. The van der Waals surface area contributed by atoms with Crippen molar-refractivity contribution in [1.29, 1.82) is 0 Å². The lowest BCUT2D eigenvalue weighted by Crippen LogP contribution is -2.22. The standard InChI is InChI=1S/C21H28N6O2/c1-13(2)17-12-23-27-19(17)25-21(29-15-9-10-22-11-15)26-20(27)24-14(3)16-7-5-6-8-18(16)28-4/h5-8,12-15,22H,9-11H2,1-4H3,(H,24,25,26)/t14-,15?/m0/s1. The lowest BCUT2D eigenvalue weighted by atomic mass is 10.1. The summed E-state index contributed by atoms with van der Waals surface area (Å²) in [5.74, 6) is 1.72. The molecule has 0 aliphatic carbocycles. The Bertz CT molecular complexity index is 980. The lowest BCUT2D eigenvalue weighted by molar-refractivity contribution is 0.204. The summed E-state index contributed by atoms with van der Waals surface area (Å²) in [5.41, 5.74) is 2.88. The van der Waals surface area contributed by atoms with Crippen LogP contribution in [0.5, 0.6) is 11.8 Å². The third-order valence-corrected chi connectivity index (χ3v) is 5.24. The average molecular weight is 396 g/mol. The van der Waals surface area contributed by atoms with Crippen molar-refractivity contribution in [3.05, 3.63) is 41.6 Å². The molecule has 2 aromatic heterocycles. The van der Waals surface area contributed by atoms with E-state index in [1.54, 1.807) is 11.6 Å². The molecule has 1 fully saturated rings. The molecule has 0 spiro atoms. The summed E-state index contributed by atoms with van der Waals surface area (Å²) in [4.78, 5) is 9.31. The number of ether oxygens (including phenoxy) is 2. The number of benzene rings is 1. The van der Waals surface area contributed by atoms with Gasteiger partial charge in [0.2, 0.25) is 5.95 Å². The summed E-state index contributed by atoms with van der Waals surface area (Å²) < 4.78 is 13.3. The Labute approximate surface area is 170 Å². The first-order valence-electron chi connectivity index (χ1n) is 10.1. The molecule has 0 saturated carbocycles. The van der Waals surface area contributed by atoms with Crippen molar-refractivity contribution in [2.24, 2.45) is 0 Å². The van der Waals surface area contributed by atoms with Gasteiger partial charge in [-0.25, -0.2) is 0 Å². The number of nitrogens with zero attached hydrogens (tertiary/aromatic N) is 4. The molecule has 1 aromatic carbocycles. The highest BCUT2D eigenvalue weighted by Crippen LogP contribution is 2.29. The smallest absolute Gasteiger partial charge is 0.322 e. The quantitative estimate of drug-likeness (QED) is 0.634. The monoisotopic (exact) mass is 396 g/mol. The number of methoxy groups -OCH3 is 1. The molecule has 1 aliphatic rings. The summed E-state index contributed by atoms with van der Waals surface area (Å²) in [5, 5.41) is 11.3. The number of hydrogen-bond donors (Lipinski definition) is 2. The summed E-state index contributed by atoms with van der Waals surface area (Å²) in [6.45, 7) is 8.09. The molecule has 29 heavy (non-hydrogen) atoms. The normalized spacial score (nSPS) is 17.6. The van der Waals surface area contributed by atoms with E-state index in [9.17, 15) is 0 Å². The molecule has 1 unspecified atom stereocenters. The molecular formula is C21H28N6O2. The number of anilines is 1. The van der Waals surface area contributed by atoms with Gasteiger partial charge in [0.05, 0.1) is 19.3 Å². The second kappa shape index (κ2) is 8.24. The predicted octanol–water partition coefficient (Wildman–Crippen LogP) is 3.17. The van der Waals surface area contributed by atoms with Crippen molar-refractivity contribution in [3.8, 4) is 11.8 Å². The fourth-order valence-electron chi connectivity index (χ4n) is 3.60. The molecule has 3 aromatic rings. The Kier molecular flexibility index (Phi) is 5.53. The van der Waals surface area contributed by atoms with E-state index >= 15 is 0 Å². The van der Waals surface area contributed by atoms with E-state index in [1.165, 1.54) is 0 Å². The number of fused-ring (bicyclic) bond motifs is 1. The Balaban J connectivity index is 1.71. The number of hydrogen-bond acceptors (Lipinski definition) is 7. The van der Waals surface area contributed by atoms with Gasteiger partial charge >= 0.3 is 6.01 Å². The molecule has 4 rings (SSSR count). The second-order valence-corrected chi connectivity index (χ2v) is 7.66. The average Bonchev–Trinajstić information content (AvgIpc) is 3.37. The maximum absolute atomic E-state index is 6.07. The molecule has 154 valence electrons. The van der Waals surface area contributed by atoms with Crippen LogP contribution in [0.15, 0.2) is 30.5 Å². The van der Waals surface area contributed by atoms with Crippen molar-refractivity contribution in [3.63, 3.8) is 0 Å². The molecule has 8 heteroatoms. The Hall–Kier alpha value is -2.87. The van der Waals surface area contributed by atoms with Gasteiger partial charge in [-0.05, 0) is 31.9 Å². The molecular weight excluding hydrogens is 368 g/mol. The molecule has 8 nitrogen and oxygen atoms in total. The van der Waals surface area contributed by atoms with Crippen LogP contribution in [0, 0.1) is 0 Å². The zero-order valence-corrected chi connectivity index (χ0v) is 17.3. The molecule has 1 aliphatic heterocycles. The fourth-order valence-corrected chi connectivity index (χ4v) is 3.60. The highest BCUT2D eigenvalue weighted by atomic mass is 16.5. The molecule has 0 amide bonds. The van der Waals surface area contributed by atoms with Gasteiger partial charge in [0.15, 0.2) is 5.65 Å². The van der Waals surface area contributed by atoms with Gasteiger partial charge in [-0.15, -0.1) is 0 Å². The van der Waals surface area contributed by atoms with E-state index in [0.717, 1.165) is 42.0 Å². The van der Waals surface area contributed by atoms with Gasteiger partial charge < -0.3 is 20.1 Å². The number of para-hydroxylation sites is 1. The van der Waals surface area contributed by atoms with E-state index in [4.69, 9.17) is 9.47 Å². The Morgan fingerprint density at radius 1 is 1.17 bits per heavy atom. The first-order valence-corrected chi connectivity index (χ1v) is 10.1. The van der Waals surface area contributed by atoms with Crippen LogP contribution in [0.3, 0.4) is 0 Å². The molecule has 3 heterocycles. The topological polar surface area (TPSA) is 85.6 Å². The van der Waals surface area contributed by atoms with E-state index in [-0.39, 0.29) is 12.1 Å². The first kappa shape index (κ1) is 19.4. The van der Waals surface area contributed by atoms with Gasteiger partial charge in [0, 0.05) is 17.7 Å². The molecule has 0 bridgehead atoms. The third-order valence-electron chi connectivity index (χ3n) is 5.24. The first-order chi connectivity index (χ1) is 14.1. The number of aromatic nitrogens is 4. The fraction of sp³-hybridized carbons (Fsp3) is 0.476. The van der Waals surface area contributed by atoms with Crippen LogP contribution >= 0.6 is 0 Å². The van der Waals surface area contributed by atoms with Crippen LogP contribution in [0.1, 0.15) is 50.3 Å². The zero-order chi connectivity index (χ0) is 20.4. The molecule has 0 radical (unpaired) electrons. The summed E-state index contributed by atoms with van der Waals surface area (Å²) >= 11 is 0. The van der Waals surface area contributed by atoms with Crippen LogP contribution in [0.2, 0.25) is 0 Å². The number of rotatable bonds is 7. The van der Waals surface area contributed by atoms with Crippen molar-refractivity contribution in [1.82, 2.24) is 24.9 Å². The largest absolute Gasteiger partial charge is 0.496 e. The van der Waals surface area contributed by atoms with Crippen LogP contribution in [0.4, 0.5) is 5.95 Å². The Morgan fingerprint density at radius 3 is 2.72 bits per heavy atom. The minimum absolute atomic E-state index is 0.0445. The van der Waals surface area contributed by atoms with Gasteiger partial charge in [0.25, 0.3) is 0 Å². The maximum atomic E-state index is 6.07. The van der Waals surface area contributed by atoms with E-state index in [2.05, 4.69) is 46.5 Å². The van der Waals surface area contributed by atoms with Gasteiger partial charge in [0.1, 0.15) is 11.9 Å². The van der Waals surface area contributed by atoms with Crippen molar-refractivity contribution in [2.45, 2.75) is 45.3 Å². The van der Waals surface area contributed by atoms with E-state index in [1.807, 2.05) is 30.5 Å². The van der Waals surface area contributed by atoms with Gasteiger partial charge in [-0.1, -0.05) is 32.0 Å². The van der Waals surface area contributed by atoms with Crippen molar-refractivity contribution < 1.29 is 9.47 Å². The van der Waals surface area contributed by atoms with Crippen LogP contribution in [0.25, 0.3) is 5.65 Å². The minimum atomic E-state index is -0.0445. The van der Waals surface area contributed by atoms with Gasteiger partial charge in [-0.2, -0.15) is 19.6 Å². The van der Waals surface area contributed by atoms with E-state index < -0.39 is 0 Å². The van der Waals surface area contributed by atoms with Crippen LogP contribution in [-0.4, -0.2) is 45.9 Å². The summed E-state index contributed by atoms with van der Waals surface area (Å²) in [7, 11) is 1.68. The van der Waals surface area contributed by atoms with Crippen molar-refractivity contribution >= 4 is 11.6 Å². The highest BCUT2D eigenvalue weighted by molar-refractivity contribution is 5.53. The summed E-state index contributed by atoms with van der Waals surface area (Å²) in [6, 6.07) is 8.29. The number of nitrogens with one attached hydrogen (secondary N) is 2. The van der Waals surface area contributed by atoms with E-state index in [0.29, 0.717) is 17.9 Å². The molecule has 2 atom stereocenters. The predicted molar refractivity (Wildman–Crippen MR) is 112 cm³/mol. The third kappa shape index (κ3) is 3.98. The second-order valence-electron chi connectivity index (χ2n) is 7.66.